The van der Waals surface area contributed by atoms with E-state index in [0.717, 1.165) is 5.56 Å². The van der Waals surface area contributed by atoms with Gasteiger partial charge in [0.05, 0.1) is 6.61 Å². The standard InChI is InChI=1S/C18H26N4O6/c1-10(21-17(26)13(19)9-23)15(24)20-11(2)16(25)22-14(18(27)28)8-12-6-4-3-5-7-12/h3-7,10-11,13-14,23H,8-9,19H2,1-2H3,(H,20,24)(H,21,26)(H,22,25)(H,27,28)/t10-,11-,13-,14-/m0/s1. The maximum absolute atomic E-state index is 12.3. The summed E-state index contributed by atoms with van der Waals surface area (Å²) in [7, 11) is 0. The van der Waals surface area contributed by atoms with Gasteiger partial charge in [-0.15, -0.1) is 0 Å². The zero-order valence-electron chi connectivity index (χ0n) is 15.7. The van der Waals surface area contributed by atoms with Crippen LogP contribution in [0.3, 0.4) is 0 Å². The molecule has 1 aromatic carbocycles. The average Bonchev–Trinajstić information content (AvgIpc) is 2.66. The second kappa shape index (κ2) is 11.0. The van der Waals surface area contributed by atoms with Gasteiger partial charge in [0.25, 0.3) is 0 Å². The van der Waals surface area contributed by atoms with E-state index in [1.165, 1.54) is 13.8 Å². The number of rotatable bonds is 10. The predicted octanol–water partition coefficient (Wildman–Crippen LogP) is -1.87. The van der Waals surface area contributed by atoms with Gasteiger partial charge >= 0.3 is 5.97 Å². The number of aliphatic hydroxyl groups is 1. The Hall–Kier alpha value is -2.98. The van der Waals surface area contributed by atoms with Crippen LogP contribution < -0.4 is 21.7 Å². The summed E-state index contributed by atoms with van der Waals surface area (Å²) in [5.41, 5.74) is 6.09. The van der Waals surface area contributed by atoms with Crippen LogP contribution in [0.1, 0.15) is 19.4 Å². The Labute approximate surface area is 162 Å². The number of carboxylic acid groups (broad SMARTS) is 1. The quantitative estimate of drug-likeness (QED) is 0.270. The third-order valence-corrected chi connectivity index (χ3v) is 3.93. The Kier molecular flexibility index (Phi) is 9.06. The highest BCUT2D eigenvalue weighted by atomic mass is 16.4. The minimum absolute atomic E-state index is 0.0914. The number of aliphatic hydroxyl groups excluding tert-OH is 1. The summed E-state index contributed by atoms with van der Waals surface area (Å²) in [6, 6.07) is 4.45. The normalized spacial score (nSPS) is 14.9. The maximum atomic E-state index is 12.3. The molecule has 0 aliphatic rings. The fourth-order valence-corrected chi connectivity index (χ4v) is 2.22. The molecule has 0 spiro atoms. The minimum atomic E-state index is -1.20. The van der Waals surface area contributed by atoms with Gasteiger partial charge in [0.15, 0.2) is 0 Å². The van der Waals surface area contributed by atoms with Crippen molar-refractivity contribution in [3.05, 3.63) is 35.9 Å². The topological polar surface area (TPSA) is 171 Å². The molecule has 4 atom stereocenters. The molecule has 0 aromatic heterocycles. The third-order valence-electron chi connectivity index (χ3n) is 3.93. The van der Waals surface area contributed by atoms with E-state index in [4.69, 9.17) is 10.8 Å². The van der Waals surface area contributed by atoms with Crippen molar-refractivity contribution in [2.24, 2.45) is 5.73 Å². The molecule has 28 heavy (non-hydrogen) atoms. The number of aliphatic carboxylic acids is 1. The van der Waals surface area contributed by atoms with E-state index in [0.29, 0.717) is 0 Å². The summed E-state index contributed by atoms with van der Waals surface area (Å²) in [5.74, 6) is -3.25. The first kappa shape index (κ1) is 23.1. The van der Waals surface area contributed by atoms with Crippen LogP contribution in [-0.2, 0) is 25.6 Å². The van der Waals surface area contributed by atoms with Gasteiger partial charge in [-0.3, -0.25) is 14.4 Å². The van der Waals surface area contributed by atoms with Gasteiger partial charge in [-0.05, 0) is 19.4 Å². The lowest BCUT2D eigenvalue weighted by molar-refractivity contribution is -0.142. The number of carbonyl (C=O) groups excluding carboxylic acids is 3. The Morgan fingerprint density at radius 3 is 1.93 bits per heavy atom. The number of benzene rings is 1. The van der Waals surface area contributed by atoms with Crippen LogP contribution in [0.4, 0.5) is 0 Å². The Bertz CT molecular complexity index is 697. The first-order valence-corrected chi connectivity index (χ1v) is 8.70. The molecule has 0 fully saturated rings. The number of amides is 3. The fourth-order valence-electron chi connectivity index (χ4n) is 2.22. The van der Waals surface area contributed by atoms with Crippen LogP contribution in [0, 0.1) is 0 Å². The minimum Gasteiger partial charge on any atom is -0.480 e. The fraction of sp³-hybridized carbons (Fsp3) is 0.444. The van der Waals surface area contributed by atoms with E-state index in [-0.39, 0.29) is 6.42 Å². The number of nitrogens with one attached hydrogen (secondary N) is 3. The first-order valence-electron chi connectivity index (χ1n) is 8.70. The lowest BCUT2D eigenvalue weighted by Gasteiger charge is -2.21. The molecule has 0 heterocycles. The molecule has 1 rings (SSSR count). The molecule has 0 unspecified atom stereocenters. The number of carbonyl (C=O) groups is 4. The summed E-state index contributed by atoms with van der Waals surface area (Å²) in [6.07, 6.45) is 0.0914. The summed E-state index contributed by atoms with van der Waals surface area (Å²) in [6.45, 7) is 2.21. The van der Waals surface area contributed by atoms with E-state index in [9.17, 15) is 24.3 Å². The molecular formula is C18H26N4O6. The van der Waals surface area contributed by atoms with Crippen LogP contribution in [0.5, 0.6) is 0 Å². The van der Waals surface area contributed by atoms with Crippen LogP contribution in [0.2, 0.25) is 0 Å². The molecular weight excluding hydrogens is 368 g/mol. The van der Waals surface area contributed by atoms with Crippen molar-refractivity contribution in [2.75, 3.05) is 6.61 Å². The lowest BCUT2D eigenvalue weighted by Crippen LogP contribution is -2.56. The van der Waals surface area contributed by atoms with Gasteiger partial charge in [0.2, 0.25) is 17.7 Å². The number of hydrogen-bond donors (Lipinski definition) is 6. The van der Waals surface area contributed by atoms with Crippen molar-refractivity contribution in [1.82, 2.24) is 16.0 Å². The molecule has 0 saturated heterocycles. The molecule has 0 bridgehead atoms. The number of carboxylic acids is 1. The van der Waals surface area contributed by atoms with Gasteiger partial charge < -0.3 is 31.9 Å². The van der Waals surface area contributed by atoms with Crippen LogP contribution in [0.15, 0.2) is 30.3 Å². The van der Waals surface area contributed by atoms with Gasteiger partial charge in [0.1, 0.15) is 24.2 Å². The van der Waals surface area contributed by atoms with E-state index < -0.39 is 54.5 Å². The smallest absolute Gasteiger partial charge is 0.326 e. The molecule has 10 heteroatoms. The second-order valence-corrected chi connectivity index (χ2v) is 6.34. The zero-order chi connectivity index (χ0) is 21.3. The largest absolute Gasteiger partial charge is 0.480 e. The molecule has 7 N–H and O–H groups in total. The van der Waals surface area contributed by atoms with Gasteiger partial charge in [-0.25, -0.2) is 4.79 Å². The van der Waals surface area contributed by atoms with E-state index in [1.54, 1.807) is 30.3 Å². The summed E-state index contributed by atoms with van der Waals surface area (Å²) < 4.78 is 0. The van der Waals surface area contributed by atoms with Crippen molar-refractivity contribution in [3.63, 3.8) is 0 Å². The van der Waals surface area contributed by atoms with Gasteiger partial charge in [0, 0.05) is 6.42 Å². The SMILES string of the molecule is C[C@H](NC(=O)[C@H](C)NC(=O)[C@@H](N)CO)C(=O)N[C@@H](Cc1ccccc1)C(=O)O. The average molecular weight is 394 g/mol. The first-order chi connectivity index (χ1) is 13.1. The third kappa shape index (κ3) is 7.33. The van der Waals surface area contributed by atoms with E-state index >= 15 is 0 Å². The van der Waals surface area contributed by atoms with Crippen molar-refractivity contribution >= 4 is 23.7 Å². The van der Waals surface area contributed by atoms with Crippen molar-refractivity contribution in [2.45, 2.75) is 44.4 Å². The van der Waals surface area contributed by atoms with Crippen LogP contribution >= 0.6 is 0 Å². The lowest BCUT2D eigenvalue weighted by atomic mass is 10.1. The summed E-state index contributed by atoms with van der Waals surface area (Å²) >= 11 is 0. The summed E-state index contributed by atoms with van der Waals surface area (Å²) in [4.78, 5) is 47.3. The molecule has 1 aromatic rings. The molecule has 3 amide bonds. The Morgan fingerprint density at radius 2 is 1.43 bits per heavy atom. The Balaban J connectivity index is 2.61. The van der Waals surface area contributed by atoms with Crippen LogP contribution in [0.25, 0.3) is 0 Å². The van der Waals surface area contributed by atoms with Gasteiger partial charge in [-0.1, -0.05) is 30.3 Å². The van der Waals surface area contributed by atoms with E-state index in [1.807, 2.05) is 0 Å². The molecule has 0 radical (unpaired) electrons. The highest BCUT2D eigenvalue weighted by Crippen LogP contribution is 2.04. The molecule has 0 aliphatic heterocycles. The highest BCUT2D eigenvalue weighted by molar-refractivity contribution is 5.93. The Morgan fingerprint density at radius 1 is 0.929 bits per heavy atom. The number of nitrogens with two attached hydrogens (primary N) is 1. The second-order valence-electron chi connectivity index (χ2n) is 6.34. The molecule has 0 aliphatic carbocycles. The van der Waals surface area contributed by atoms with Gasteiger partial charge in [-0.2, -0.15) is 0 Å². The van der Waals surface area contributed by atoms with Crippen molar-refractivity contribution < 1.29 is 29.4 Å². The maximum Gasteiger partial charge on any atom is 0.326 e. The zero-order valence-corrected chi connectivity index (χ0v) is 15.7. The molecule has 154 valence electrons. The van der Waals surface area contributed by atoms with Crippen molar-refractivity contribution in [3.8, 4) is 0 Å². The van der Waals surface area contributed by atoms with Crippen molar-refractivity contribution in [1.29, 1.82) is 0 Å². The predicted molar refractivity (Wildman–Crippen MR) is 100.0 cm³/mol. The highest BCUT2D eigenvalue weighted by Gasteiger charge is 2.26. The molecule has 10 nitrogen and oxygen atoms in total. The van der Waals surface area contributed by atoms with Crippen LogP contribution in [-0.4, -0.2) is 64.7 Å². The summed E-state index contributed by atoms with van der Waals surface area (Å²) in [5, 5.41) is 25.2. The molecule has 0 saturated carbocycles. The monoisotopic (exact) mass is 394 g/mol. The number of hydrogen-bond acceptors (Lipinski definition) is 6. The van der Waals surface area contributed by atoms with E-state index in [2.05, 4.69) is 16.0 Å².